The van der Waals surface area contributed by atoms with Crippen molar-refractivity contribution in [2.24, 2.45) is 0 Å². The third kappa shape index (κ3) is 8.19. The Kier molecular flexibility index (Phi) is 7.05. The minimum atomic E-state index is -0.456. The highest BCUT2D eigenvalue weighted by Crippen LogP contribution is 2.22. The summed E-state index contributed by atoms with van der Waals surface area (Å²) in [7, 11) is 0. The van der Waals surface area contributed by atoms with Crippen molar-refractivity contribution in [3.63, 3.8) is 0 Å². The van der Waals surface area contributed by atoms with E-state index in [2.05, 4.69) is 10.6 Å². The van der Waals surface area contributed by atoms with Crippen molar-refractivity contribution in [3.05, 3.63) is 27.4 Å². The number of halogens is 1. The molecule has 112 valence electrons. The molecule has 0 unspecified atom stereocenters. The molecule has 6 heteroatoms. The third-order valence-corrected chi connectivity index (χ3v) is 3.30. The van der Waals surface area contributed by atoms with Gasteiger partial charge in [-0.15, -0.1) is 11.3 Å². The summed E-state index contributed by atoms with van der Waals surface area (Å²) in [4.78, 5) is 12.5. The topological polar surface area (TPSA) is 50.4 Å². The Balaban J connectivity index is 2.05. The smallest absolute Gasteiger partial charge is 0.407 e. The van der Waals surface area contributed by atoms with Crippen molar-refractivity contribution >= 4 is 35.1 Å². The van der Waals surface area contributed by atoms with Crippen LogP contribution in [0.2, 0.25) is 4.34 Å². The molecule has 1 rings (SSSR count). The van der Waals surface area contributed by atoms with E-state index < -0.39 is 5.60 Å². The van der Waals surface area contributed by atoms with Crippen molar-refractivity contribution in [1.29, 1.82) is 0 Å². The lowest BCUT2D eigenvalue weighted by Gasteiger charge is -2.19. The molecule has 2 N–H and O–H groups in total. The number of ether oxygens (including phenoxy) is 1. The van der Waals surface area contributed by atoms with Gasteiger partial charge in [-0.2, -0.15) is 0 Å². The minimum Gasteiger partial charge on any atom is -0.444 e. The minimum absolute atomic E-state index is 0.386. The molecule has 0 radical (unpaired) electrons. The molecule has 0 fully saturated rings. The van der Waals surface area contributed by atoms with Crippen LogP contribution in [0.25, 0.3) is 6.08 Å². The summed E-state index contributed by atoms with van der Waals surface area (Å²) in [5.41, 5.74) is -0.456. The van der Waals surface area contributed by atoms with Crippen LogP contribution in [0, 0.1) is 0 Å². The Morgan fingerprint density at radius 3 is 2.75 bits per heavy atom. The molecule has 1 heterocycles. The third-order valence-electron chi connectivity index (χ3n) is 2.11. The van der Waals surface area contributed by atoms with Crippen LogP contribution in [-0.4, -0.2) is 31.3 Å². The molecule has 0 aliphatic rings. The van der Waals surface area contributed by atoms with Crippen LogP contribution in [0.5, 0.6) is 0 Å². The second kappa shape index (κ2) is 8.29. The fourth-order valence-corrected chi connectivity index (χ4v) is 2.34. The first-order valence-electron chi connectivity index (χ1n) is 6.46. The Bertz CT molecular complexity index is 452. The standard InChI is InChI=1S/C14H21ClN2O2S/c1-14(2,3)19-13(18)17-10-9-16-8-4-5-11-6-7-12(15)20-11/h4-7,16H,8-10H2,1-3H3,(H,17,18). The number of nitrogens with one attached hydrogen (secondary N) is 2. The average Bonchev–Trinajstić information content (AvgIpc) is 2.71. The van der Waals surface area contributed by atoms with E-state index in [4.69, 9.17) is 16.3 Å². The summed E-state index contributed by atoms with van der Waals surface area (Å²) in [6.45, 7) is 7.49. The number of hydrogen-bond donors (Lipinski definition) is 2. The fraction of sp³-hybridized carbons (Fsp3) is 0.500. The molecular formula is C14H21ClN2O2S. The van der Waals surface area contributed by atoms with E-state index in [0.29, 0.717) is 13.1 Å². The molecule has 1 aromatic heterocycles. The summed E-state index contributed by atoms with van der Waals surface area (Å²) in [6.07, 6.45) is 3.66. The van der Waals surface area contributed by atoms with Gasteiger partial charge >= 0.3 is 6.09 Å². The van der Waals surface area contributed by atoms with Crippen LogP contribution < -0.4 is 10.6 Å². The zero-order chi connectivity index (χ0) is 15.0. The van der Waals surface area contributed by atoms with E-state index in [9.17, 15) is 4.79 Å². The van der Waals surface area contributed by atoms with Crippen LogP contribution in [0.1, 0.15) is 25.6 Å². The van der Waals surface area contributed by atoms with E-state index >= 15 is 0 Å². The number of carbonyl (C=O) groups excluding carboxylic acids is 1. The second-order valence-corrected chi connectivity index (χ2v) is 6.92. The van der Waals surface area contributed by atoms with Gasteiger partial charge in [-0.05, 0) is 39.0 Å². The number of rotatable bonds is 6. The van der Waals surface area contributed by atoms with Gasteiger partial charge in [0.05, 0.1) is 4.34 Å². The molecule has 0 saturated heterocycles. The lowest BCUT2D eigenvalue weighted by molar-refractivity contribution is 0.0528. The number of amides is 1. The Hall–Kier alpha value is -1.04. The number of carbonyl (C=O) groups is 1. The molecule has 0 saturated carbocycles. The lowest BCUT2D eigenvalue weighted by Crippen LogP contribution is -2.36. The molecule has 0 aromatic carbocycles. The lowest BCUT2D eigenvalue weighted by atomic mass is 10.2. The first-order valence-corrected chi connectivity index (χ1v) is 7.66. The summed E-state index contributed by atoms with van der Waals surface area (Å²) in [5, 5.41) is 5.88. The first kappa shape index (κ1) is 17.0. The van der Waals surface area contributed by atoms with Crippen molar-refractivity contribution < 1.29 is 9.53 Å². The maximum Gasteiger partial charge on any atom is 0.407 e. The molecule has 1 amide bonds. The number of alkyl carbamates (subject to hydrolysis) is 1. The molecule has 0 atom stereocenters. The van der Waals surface area contributed by atoms with Gasteiger partial charge in [0, 0.05) is 24.5 Å². The Morgan fingerprint density at radius 2 is 2.15 bits per heavy atom. The summed E-state index contributed by atoms with van der Waals surface area (Å²) >= 11 is 7.38. The zero-order valence-electron chi connectivity index (χ0n) is 12.0. The van der Waals surface area contributed by atoms with Gasteiger partial charge in [0.15, 0.2) is 0 Å². The first-order chi connectivity index (χ1) is 9.37. The van der Waals surface area contributed by atoms with Crippen LogP contribution in [0.3, 0.4) is 0 Å². The van der Waals surface area contributed by atoms with Gasteiger partial charge in [0.1, 0.15) is 5.60 Å². The number of thiophene rings is 1. The summed E-state index contributed by atoms with van der Waals surface area (Å²) in [6, 6.07) is 3.86. The van der Waals surface area contributed by atoms with Crippen LogP contribution in [0.15, 0.2) is 18.2 Å². The van der Waals surface area contributed by atoms with Gasteiger partial charge in [-0.25, -0.2) is 4.79 Å². The highest BCUT2D eigenvalue weighted by atomic mass is 35.5. The van der Waals surface area contributed by atoms with Crippen molar-refractivity contribution in [2.45, 2.75) is 26.4 Å². The van der Waals surface area contributed by atoms with Gasteiger partial charge in [0.2, 0.25) is 0 Å². The van der Waals surface area contributed by atoms with Gasteiger partial charge in [-0.1, -0.05) is 17.7 Å². The van der Waals surface area contributed by atoms with E-state index in [0.717, 1.165) is 15.8 Å². The SMILES string of the molecule is CC(C)(C)OC(=O)NCCNCC=Cc1ccc(Cl)s1. The summed E-state index contributed by atoms with van der Waals surface area (Å²) < 4.78 is 5.91. The van der Waals surface area contributed by atoms with Crippen molar-refractivity contribution in [1.82, 2.24) is 10.6 Å². The Labute approximate surface area is 129 Å². The molecular weight excluding hydrogens is 296 g/mol. The molecule has 4 nitrogen and oxygen atoms in total. The van der Waals surface area contributed by atoms with Crippen molar-refractivity contribution in [2.75, 3.05) is 19.6 Å². The Morgan fingerprint density at radius 1 is 1.40 bits per heavy atom. The zero-order valence-corrected chi connectivity index (χ0v) is 13.6. The highest BCUT2D eigenvalue weighted by Gasteiger charge is 2.15. The maximum atomic E-state index is 11.3. The monoisotopic (exact) mass is 316 g/mol. The maximum absolute atomic E-state index is 11.3. The van der Waals surface area contributed by atoms with Crippen LogP contribution >= 0.6 is 22.9 Å². The molecule has 0 bridgehead atoms. The van der Waals surface area contributed by atoms with E-state index in [1.54, 1.807) is 11.3 Å². The predicted molar refractivity (Wildman–Crippen MR) is 85.5 cm³/mol. The molecule has 1 aromatic rings. The largest absolute Gasteiger partial charge is 0.444 e. The van der Waals surface area contributed by atoms with E-state index in [1.165, 1.54) is 0 Å². The van der Waals surface area contributed by atoms with E-state index in [-0.39, 0.29) is 6.09 Å². The molecule has 0 aliphatic carbocycles. The molecule has 0 spiro atoms. The second-order valence-electron chi connectivity index (χ2n) is 5.18. The van der Waals surface area contributed by atoms with Crippen molar-refractivity contribution in [3.8, 4) is 0 Å². The predicted octanol–water partition coefficient (Wildman–Crippen LogP) is 3.53. The van der Waals surface area contributed by atoms with Gasteiger partial charge in [0.25, 0.3) is 0 Å². The normalized spacial score (nSPS) is 11.8. The molecule has 20 heavy (non-hydrogen) atoms. The van der Waals surface area contributed by atoms with Gasteiger partial charge < -0.3 is 15.4 Å². The highest BCUT2D eigenvalue weighted by molar-refractivity contribution is 7.16. The van der Waals surface area contributed by atoms with E-state index in [1.807, 2.05) is 45.1 Å². The van der Waals surface area contributed by atoms with Crippen LogP contribution in [0.4, 0.5) is 4.79 Å². The quantitative estimate of drug-likeness (QED) is 0.789. The fourth-order valence-electron chi connectivity index (χ4n) is 1.35. The average molecular weight is 317 g/mol. The number of hydrogen-bond acceptors (Lipinski definition) is 4. The molecule has 0 aliphatic heterocycles. The van der Waals surface area contributed by atoms with Crippen LogP contribution in [-0.2, 0) is 4.74 Å². The van der Waals surface area contributed by atoms with Gasteiger partial charge in [-0.3, -0.25) is 0 Å². The summed E-state index contributed by atoms with van der Waals surface area (Å²) in [5.74, 6) is 0.